The van der Waals surface area contributed by atoms with E-state index in [1.165, 1.54) is 37.7 Å². The zero-order valence-electron chi connectivity index (χ0n) is 13.2. The first-order chi connectivity index (χ1) is 9.15. The van der Waals surface area contributed by atoms with E-state index in [4.69, 9.17) is 0 Å². The van der Waals surface area contributed by atoms with Gasteiger partial charge in [-0.05, 0) is 30.2 Å². The molecule has 0 fully saturated rings. The van der Waals surface area contributed by atoms with Gasteiger partial charge in [-0.25, -0.2) is 9.97 Å². The fourth-order valence-corrected chi connectivity index (χ4v) is 2.42. The Balaban J connectivity index is 2.23. The van der Waals surface area contributed by atoms with Crippen molar-refractivity contribution in [2.24, 2.45) is 11.8 Å². The van der Waals surface area contributed by atoms with Crippen LogP contribution in [0.4, 0.5) is 0 Å². The molecule has 0 bridgehead atoms. The standard InChI is InChI=1S/C17H30N2/c1-5-7-14(3)8-9-15(4)10-11-17-18-12-16(6-2)13-19-17/h12-15H,5-11H2,1-4H3. The van der Waals surface area contributed by atoms with E-state index in [9.17, 15) is 0 Å². The number of nitrogens with zero attached hydrogens (tertiary/aromatic N) is 2. The first kappa shape index (κ1) is 16.1. The molecule has 0 spiro atoms. The van der Waals surface area contributed by atoms with Crippen LogP contribution in [0, 0.1) is 11.8 Å². The van der Waals surface area contributed by atoms with E-state index in [2.05, 4.69) is 37.7 Å². The maximum Gasteiger partial charge on any atom is 0.128 e. The van der Waals surface area contributed by atoms with Gasteiger partial charge < -0.3 is 0 Å². The number of rotatable bonds is 9. The first-order valence-electron chi connectivity index (χ1n) is 7.95. The van der Waals surface area contributed by atoms with Crippen molar-refractivity contribution < 1.29 is 0 Å². The van der Waals surface area contributed by atoms with Crippen molar-refractivity contribution in [3.05, 3.63) is 23.8 Å². The SMILES string of the molecule is CCCC(C)CCC(C)CCc1ncc(CC)cn1. The largest absolute Gasteiger partial charge is 0.241 e. The summed E-state index contributed by atoms with van der Waals surface area (Å²) in [5.74, 6) is 2.67. The lowest BCUT2D eigenvalue weighted by molar-refractivity contribution is 0.394. The lowest BCUT2D eigenvalue weighted by atomic mass is 9.92. The van der Waals surface area contributed by atoms with Gasteiger partial charge in [-0.3, -0.25) is 0 Å². The Hall–Kier alpha value is -0.920. The number of hydrogen-bond acceptors (Lipinski definition) is 2. The van der Waals surface area contributed by atoms with Crippen LogP contribution in [0.5, 0.6) is 0 Å². The van der Waals surface area contributed by atoms with E-state index in [0.717, 1.165) is 30.5 Å². The highest BCUT2D eigenvalue weighted by Crippen LogP contribution is 2.19. The van der Waals surface area contributed by atoms with E-state index in [1.807, 2.05) is 12.4 Å². The topological polar surface area (TPSA) is 25.8 Å². The fourth-order valence-electron chi connectivity index (χ4n) is 2.42. The van der Waals surface area contributed by atoms with Gasteiger partial charge in [0.2, 0.25) is 0 Å². The lowest BCUT2D eigenvalue weighted by Gasteiger charge is -2.14. The van der Waals surface area contributed by atoms with Crippen LogP contribution in [0.1, 0.15) is 71.2 Å². The van der Waals surface area contributed by atoms with Gasteiger partial charge in [0.1, 0.15) is 5.82 Å². The quantitative estimate of drug-likeness (QED) is 0.637. The molecule has 108 valence electrons. The van der Waals surface area contributed by atoms with Crippen LogP contribution in [0.15, 0.2) is 12.4 Å². The molecule has 0 amide bonds. The molecule has 1 rings (SSSR count). The summed E-state index contributed by atoms with van der Waals surface area (Å²) in [5, 5.41) is 0. The van der Waals surface area contributed by atoms with Crippen LogP contribution in [-0.4, -0.2) is 9.97 Å². The van der Waals surface area contributed by atoms with E-state index in [0.29, 0.717) is 0 Å². The molecule has 2 unspecified atom stereocenters. The smallest absolute Gasteiger partial charge is 0.128 e. The molecule has 2 heteroatoms. The molecule has 0 N–H and O–H groups in total. The maximum absolute atomic E-state index is 4.44. The highest BCUT2D eigenvalue weighted by molar-refractivity contribution is 5.04. The van der Waals surface area contributed by atoms with E-state index >= 15 is 0 Å². The van der Waals surface area contributed by atoms with Crippen molar-refractivity contribution in [1.82, 2.24) is 9.97 Å². The Morgan fingerprint density at radius 3 is 2.00 bits per heavy atom. The minimum atomic E-state index is 0.786. The third kappa shape index (κ3) is 6.70. The maximum atomic E-state index is 4.44. The molecule has 1 heterocycles. The van der Waals surface area contributed by atoms with Crippen molar-refractivity contribution in [3.63, 3.8) is 0 Å². The van der Waals surface area contributed by atoms with Gasteiger partial charge in [-0.1, -0.05) is 53.4 Å². The van der Waals surface area contributed by atoms with Crippen molar-refractivity contribution in [2.75, 3.05) is 0 Å². The van der Waals surface area contributed by atoms with Crippen LogP contribution < -0.4 is 0 Å². The average Bonchev–Trinajstić information content (AvgIpc) is 2.44. The Bertz CT molecular complexity index is 332. The van der Waals surface area contributed by atoms with E-state index < -0.39 is 0 Å². The van der Waals surface area contributed by atoms with Gasteiger partial charge in [0.15, 0.2) is 0 Å². The summed E-state index contributed by atoms with van der Waals surface area (Å²) in [6.45, 7) is 9.15. The van der Waals surface area contributed by atoms with Crippen LogP contribution in [0.3, 0.4) is 0 Å². The van der Waals surface area contributed by atoms with Crippen LogP contribution in [0.25, 0.3) is 0 Å². The molecule has 0 radical (unpaired) electrons. The first-order valence-corrected chi connectivity index (χ1v) is 7.95. The van der Waals surface area contributed by atoms with Crippen LogP contribution in [-0.2, 0) is 12.8 Å². The number of aryl methyl sites for hydroxylation is 2. The third-order valence-electron chi connectivity index (χ3n) is 3.96. The molecular weight excluding hydrogens is 232 g/mol. The molecule has 0 aliphatic rings. The molecule has 0 aliphatic heterocycles. The molecule has 0 aliphatic carbocycles. The van der Waals surface area contributed by atoms with Crippen molar-refractivity contribution in [3.8, 4) is 0 Å². The summed E-state index contributed by atoms with van der Waals surface area (Å²) < 4.78 is 0. The molecule has 0 aromatic carbocycles. The summed E-state index contributed by atoms with van der Waals surface area (Å²) in [7, 11) is 0. The van der Waals surface area contributed by atoms with Crippen molar-refractivity contribution in [1.29, 1.82) is 0 Å². The zero-order chi connectivity index (χ0) is 14.1. The highest BCUT2D eigenvalue weighted by atomic mass is 14.9. The van der Waals surface area contributed by atoms with Gasteiger partial charge in [0.05, 0.1) is 0 Å². The summed E-state index contributed by atoms with van der Waals surface area (Å²) in [6.07, 6.45) is 12.6. The fraction of sp³-hybridized carbons (Fsp3) is 0.765. The molecule has 1 aromatic rings. The minimum Gasteiger partial charge on any atom is -0.241 e. The molecule has 2 nitrogen and oxygen atoms in total. The van der Waals surface area contributed by atoms with Crippen molar-refractivity contribution >= 4 is 0 Å². The van der Waals surface area contributed by atoms with Crippen LogP contribution >= 0.6 is 0 Å². The molecular formula is C17H30N2. The molecule has 19 heavy (non-hydrogen) atoms. The Morgan fingerprint density at radius 2 is 1.47 bits per heavy atom. The second-order valence-corrected chi connectivity index (χ2v) is 5.98. The number of hydrogen-bond donors (Lipinski definition) is 0. The summed E-state index contributed by atoms with van der Waals surface area (Å²) in [6, 6.07) is 0. The molecule has 0 saturated heterocycles. The Labute approximate surface area is 119 Å². The Morgan fingerprint density at radius 1 is 0.895 bits per heavy atom. The summed E-state index contributed by atoms with van der Waals surface area (Å²) >= 11 is 0. The Kier molecular flexibility index (Phi) is 7.69. The predicted molar refractivity (Wildman–Crippen MR) is 82.2 cm³/mol. The highest BCUT2D eigenvalue weighted by Gasteiger charge is 2.07. The summed E-state index contributed by atoms with van der Waals surface area (Å²) in [4.78, 5) is 8.87. The van der Waals surface area contributed by atoms with Gasteiger partial charge in [0, 0.05) is 18.8 Å². The predicted octanol–water partition coefficient (Wildman–Crippen LogP) is 4.82. The number of aromatic nitrogens is 2. The van der Waals surface area contributed by atoms with Gasteiger partial charge in [-0.15, -0.1) is 0 Å². The molecule has 1 aromatic heterocycles. The monoisotopic (exact) mass is 262 g/mol. The van der Waals surface area contributed by atoms with Gasteiger partial charge >= 0.3 is 0 Å². The van der Waals surface area contributed by atoms with Crippen molar-refractivity contribution in [2.45, 2.75) is 72.6 Å². The third-order valence-corrected chi connectivity index (χ3v) is 3.96. The minimum absolute atomic E-state index is 0.786. The second-order valence-electron chi connectivity index (χ2n) is 5.98. The lowest BCUT2D eigenvalue weighted by Crippen LogP contribution is -2.04. The zero-order valence-corrected chi connectivity index (χ0v) is 13.2. The second kappa shape index (κ2) is 9.06. The van der Waals surface area contributed by atoms with Gasteiger partial charge in [0.25, 0.3) is 0 Å². The van der Waals surface area contributed by atoms with Crippen LogP contribution in [0.2, 0.25) is 0 Å². The van der Waals surface area contributed by atoms with E-state index in [-0.39, 0.29) is 0 Å². The normalized spacial score (nSPS) is 14.3. The molecule has 0 saturated carbocycles. The molecule has 2 atom stereocenters. The summed E-state index contributed by atoms with van der Waals surface area (Å²) in [5.41, 5.74) is 1.23. The van der Waals surface area contributed by atoms with E-state index in [1.54, 1.807) is 0 Å². The average molecular weight is 262 g/mol. The van der Waals surface area contributed by atoms with Gasteiger partial charge in [-0.2, -0.15) is 0 Å².